The first-order valence-electron chi connectivity index (χ1n) is 7.87. The third-order valence-corrected chi connectivity index (χ3v) is 3.95. The number of aromatic amines is 1. The number of anilines is 1. The van der Waals surface area contributed by atoms with E-state index in [4.69, 9.17) is 16.7 Å². The Morgan fingerprint density at radius 3 is 2.52 bits per heavy atom. The van der Waals surface area contributed by atoms with Gasteiger partial charge in [0.2, 0.25) is 0 Å². The number of benzene rings is 2. The van der Waals surface area contributed by atoms with Crippen molar-refractivity contribution in [2.45, 2.75) is 0 Å². The first-order valence-corrected chi connectivity index (χ1v) is 8.25. The number of hydrogen-bond acceptors (Lipinski definition) is 4. The van der Waals surface area contributed by atoms with E-state index in [1.54, 1.807) is 42.5 Å². The van der Waals surface area contributed by atoms with Gasteiger partial charge in [0.25, 0.3) is 11.8 Å². The second kappa shape index (κ2) is 7.79. The summed E-state index contributed by atoms with van der Waals surface area (Å²) in [5.74, 6) is -2.18. The molecule has 0 aliphatic carbocycles. The Hall–Kier alpha value is -3.52. The summed E-state index contributed by atoms with van der Waals surface area (Å²) < 4.78 is 0. The standard InChI is InChI=1S/C18H15ClN4O4/c19-11-5-6-13-10(7-11)8-15(21-13)18(27)23-22-17(26)12-3-1-2-4-14(12)20-9-16(24)25/h1-8,20-21H,9H2,(H,22,26)(H,23,27)(H,24,25). The van der Waals surface area contributed by atoms with E-state index in [2.05, 4.69) is 21.2 Å². The minimum absolute atomic E-state index is 0.197. The smallest absolute Gasteiger partial charge is 0.322 e. The summed E-state index contributed by atoms with van der Waals surface area (Å²) in [4.78, 5) is 38.2. The van der Waals surface area contributed by atoms with Gasteiger partial charge in [-0.15, -0.1) is 0 Å². The topological polar surface area (TPSA) is 123 Å². The molecule has 1 heterocycles. The van der Waals surface area contributed by atoms with Crippen molar-refractivity contribution in [3.05, 3.63) is 64.8 Å². The van der Waals surface area contributed by atoms with Crippen LogP contribution in [0.1, 0.15) is 20.8 Å². The van der Waals surface area contributed by atoms with Gasteiger partial charge in [-0.3, -0.25) is 25.2 Å². The molecule has 0 fully saturated rings. The zero-order valence-electron chi connectivity index (χ0n) is 13.9. The molecule has 5 N–H and O–H groups in total. The highest BCUT2D eigenvalue weighted by molar-refractivity contribution is 6.31. The number of nitrogens with one attached hydrogen (secondary N) is 4. The highest BCUT2D eigenvalue weighted by Crippen LogP contribution is 2.20. The van der Waals surface area contributed by atoms with Crippen molar-refractivity contribution in [1.29, 1.82) is 0 Å². The van der Waals surface area contributed by atoms with Crippen LogP contribution in [0.15, 0.2) is 48.5 Å². The lowest BCUT2D eigenvalue weighted by molar-refractivity contribution is -0.134. The molecule has 2 amide bonds. The highest BCUT2D eigenvalue weighted by Gasteiger charge is 2.14. The molecule has 1 aromatic heterocycles. The second-order valence-corrected chi connectivity index (χ2v) is 6.05. The predicted octanol–water partition coefficient (Wildman–Crippen LogP) is 2.39. The number of fused-ring (bicyclic) bond motifs is 1. The molecule has 0 saturated heterocycles. The van der Waals surface area contributed by atoms with Gasteiger partial charge in [-0.05, 0) is 36.4 Å². The Morgan fingerprint density at radius 2 is 1.74 bits per heavy atom. The number of aromatic nitrogens is 1. The Balaban J connectivity index is 1.68. The fraction of sp³-hybridized carbons (Fsp3) is 0.0556. The summed E-state index contributed by atoms with van der Waals surface area (Å²) in [6.45, 7) is -0.339. The fourth-order valence-electron chi connectivity index (χ4n) is 2.48. The first-order chi connectivity index (χ1) is 12.9. The molecule has 0 bridgehead atoms. The molecule has 9 heteroatoms. The van der Waals surface area contributed by atoms with Gasteiger partial charge in [0.05, 0.1) is 5.56 Å². The van der Waals surface area contributed by atoms with Crippen molar-refractivity contribution < 1.29 is 19.5 Å². The van der Waals surface area contributed by atoms with E-state index >= 15 is 0 Å². The van der Waals surface area contributed by atoms with Crippen molar-refractivity contribution in [3.8, 4) is 0 Å². The van der Waals surface area contributed by atoms with Crippen molar-refractivity contribution in [1.82, 2.24) is 15.8 Å². The third kappa shape index (κ3) is 4.36. The lowest BCUT2D eigenvalue weighted by Gasteiger charge is -2.11. The summed E-state index contributed by atoms with van der Waals surface area (Å²) >= 11 is 5.92. The summed E-state index contributed by atoms with van der Waals surface area (Å²) in [5, 5.41) is 12.7. The van der Waals surface area contributed by atoms with Gasteiger partial charge in [0.15, 0.2) is 0 Å². The number of carbonyl (C=O) groups excluding carboxylic acids is 2. The summed E-state index contributed by atoms with van der Waals surface area (Å²) in [5.41, 5.74) is 6.15. The van der Waals surface area contributed by atoms with Crippen LogP contribution in [0.25, 0.3) is 10.9 Å². The van der Waals surface area contributed by atoms with Crippen molar-refractivity contribution >= 4 is 46.0 Å². The maximum absolute atomic E-state index is 12.3. The molecule has 2 aromatic carbocycles. The number of hydrazine groups is 1. The van der Waals surface area contributed by atoms with E-state index in [1.165, 1.54) is 6.07 Å². The fourth-order valence-corrected chi connectivity index (χ4v) is 2.66. The monoisotopic (exact) mass is 386 g/mol. The number of H-pyrrole nitrogens is 1. The van der Waals surface area contributed by atoms with Crippen LogP contribution in [0.5, 0.6) is 0 Å². The molecule has 0 aliphatic heterocycles. The summed E-state index contributed by atoms with van der Waals surface area (Å²) in [6, 6.07) is 13.2. The minimum atomic E-state index is -1.06. The van der Waals surface area contributed by atoms with E-state index in [0.717, 1.165) is 10.9 Å². The van der Waals surface area contributed by atoms with Crippen molar-refractivity contribution in [2.24, 2.45) is 0 Å². The van der Waals surface area contributed by atoms with Gasteiger partial charge in [-0.25, -0.2) is 0 Å². The van der Waals surface area contributed by atoms with Gasteiger partial charge >= 0.3 is 5.97 Å². The molecule has 27 heavy (non-hydrogen) atoms. The van der Waals surface area contributed by atoms with Gasteiger partial charge in [-0.2, -0.15) is 0 Å². The van der Waals surface area contributed by atoms with E-state index in [1.807, 2.05) is 0 Å². The second-order valence-electron chi connectivity index (χ2n) is 5.62. The molecular weight excluding hydrogens is 372 g/mol. The SMILES string of the molecule is O=C(O)CNc1ccccc1C(=O)NNC(=O)c1cc2cc(Cl)ccc2[nH]1. The predicted molar refractivity (Wildman–Crippen MR) is 101 cm³/mol. The third-order valence-electron chi connectivity index (χ3n) is 3.72. The molecule has 0 spiro atoms. The average molecular weight is 387 g/mol. The number of rotatable bonds is 5. The lowest BCUT2D eigenvalue weighted by Crippen LogP contribution is -2.42. The molecular formula is C18H15ClN4O4. The minimum Gasteiger partial charge on any atom is -0.480 e. The number of hydrogen-bond donors (Lipinski definition) is 5. The van der Waals surface area contributed by atoms with E-state index in [-0.39, 0.29) is 17.8 Å². The van der Waals surface area contributed by atoms with Gasteiger partial charge in [-0.1, -0.05) is 23.7 Å². The molecule has 8 nitrogen and oxygen atoms in total. The Morgan fingerprint density at radius 1 is 1.00 bits per heavy atom. The highest BCUT2D eigenvalue weighted by atomic mass is 35.5. The Labute approximate surface area is 158 Å². The van der Waals surface area contributed by atoms with E-state index in [9.17, 15) is 14.4 Å². The van der Waals surface area contributed by atoms with Crippen LogP contribution in [0, 0.1) is 0 Å². The average Bonchev–Trinajstić information content (AvgIpc) is 3.07. The molecule has 3 rings (SSSR count). The Bertz CT molecular complexity index is 1030. The lowest BCUT2D eigenvalue weighted by atomic mass is 10.1. The number of halogens is 1. The van der Waals surface area contributed by atoms with Gasteiger partial charge in [0.1, 0.15) is 12.2 Å². The van der Waals surface area contributed by atoms with Crippen LogP contribution in [0.4, 0.5) is 5.69 Å². The first kappa shape index (κ1) is 18.3. The van der Waals surface area contributed by atoms with Crippen LogP contribution < -0.4 is 16.2 Å². The molecule has 0 saturated carbocycles. The molecule has 0 aliphatic rings. The molecule has 0 atom stereocenters. The number of amides is 2. The zero-order valence-corrected chi connectivity index (χ0v) is 14.6. The Kier molecular flexibility index (Phi) is 5.28. The van der Waals surface area contributed by atoms with E-state index in [0.29, 0.717) is 10.7 Å². The van der Waals surface area contributed by atoms with Crippen molar-refractivity contribution in [2.75, 3.05) is 11.9 Å². The summed E-state index contributed by atoms with van der Waals surface area (Å²) in [6.07, 6.45) is 0. The summed E-state index contributed by atoms with van der Waals surface area (Å²) in [7, 11) is 0. The van der Waals surface area contributed by atoms with Gasteiger partial charge in [0, 0.05) is 21.6 Å². The maximum atomic E-state index is 12.3. The number of para-hydroxylation sites is 1. The zero-order chi connectivity index (χ0) is 19.4. The van der Waals surface area contributed by atoms with Crippen LogP contribution >= 0.6 is 11.6 Å². The number of carboxylic acids is 1. The number of aliphatic carboxylic acids is 1. The van der Waals surface area contributed by atoms with Crippen LogP contribution in [-0.4, -0.2) is 34.4 Å². The maximum Gasteiger partial charge on any atom is 0.322 e. The van der Waals surface area contributed by atoms with Crippen molar-refractivity contribution in [3.63, 3.8) is 0 Å². The molecule has 0 unspecified atom stereocenters. The van der Waals surface area contributed by atoms with Crippen LogP contribution in [0.2, 0.25) is 5.02 Å². The van der Waals surface area contributed by atoms with Crippen LogP contribution in [-0.2, 0) is 4.79 Å². The number of carboxylic acid groups (broad SMARTS) is 1. The van der Waals surface area contributed by atoms with E-state index < -0.39 is 17.8 Å². The molecule has 0 radical (unpaired) electrons. The molecule has 3 aromatic rings. The number of carbonyl (C=O) groups is 3. The van der Waals surface area contributed by atoms with Crippen LogP contribution in [0.3, 0.4) is 0 Å². The van der Waals surface area contributed by atoms with Gasteiger partial charge < -0.3 is 15.4 Å². The quantitative estimate of drug-likeness (QED) is 0.431. The largest absolute Gasteiger partial charge is 0.480 e. The normalized spacial score (nSPS) is 10.4. The molecule has 138 valence electrons.